The average molecular weight is 822 g/mol. The highest BCUT2D eigenvalue weighted by Gasteiger charge is 2.45. The van der Waals surface area contributed by atoms with Crippen molar-refractivity contribution in [1.82, 2.24) is 15.2 Å². The van der Waals surface area contributed by atoms with Crippen LogP contribution in [0.5, 0.6) is 11.5 Å². The van der Waals surface area contributed by atoms with E-state index < -0.39 is 23.8 Å². The number of anilines is 1. The molecule has 3 heterocycles. The van der Waals surface area contributed by atoms with E-state index in [-0.39, 0.29) is 64.6 Å². The molecular weight excluding hydrogens is 778 g/mol. The van der Waals surface area contributed by atoms with Crippen molar-refractivity contribution >= 4 is 51.3 Å². The summed E-state index contributed by atoms with van der Waals surface area (Å²) < 4.78 is 16.9. The number of nitriles is 1. The van der Waals surface area contributed by atoms with Gasteiger partial charge < -0.3 is 44.7 Å². The molecule has 2 aromatic carbocycles. The van der Waals surface area contributed by atoms with Crippen LogP contribution in [0.15, 0.2) is 76.2 Å². The number of amides is 1. The summed E-state index contributed by atoms with van der Waals surface area (Å²) in [4.78, 5) is 43.6. The van der Waals surface area contributed by atoms with Crippen molar-refractivity contribution in [2.24, 2.45) is 0 Å². The van der Waals surface area contributed by atoms with Gasteiger partial charge in [0, 0.05) is 48.8 Å². The predicted octanol–water partition coefficient (Wildman–Crippen LogP) is 5.48. The number of methoxy groups -OCH3 is 1. The molecule has 57 heavy (non-hydrogen) atoms. The fourth-order valence-electron chi connectivity index (χ4n) is 6.89. The van der Waals surface area contributed by atoms with Crippen LogP contribution in [-0.4, -0.2) is 83.3 Å². The lowest BCUT2D eigenvalue weighted by Crippen LogP contribution is -2.42. The summed E-state index contributed by atoms with van der Waals surface area (Å²) in [6, 6.07) is 18.3. The minimum Gasteiger partial charge on any atom is -0.506 e. The number of hydrogen-bond acceptors (Lipinski definition) is 14. The molecule has 0 bridgehead atoms. The first-order chi connectivity index (χ1) is 27.0. The number of nitrogens with zero attached hydrogens (tertiary/aromatic N) is 2. The molecule has 302 valence electrons. The lowest BCUT2D eigenvalue weighted by Gasteiger charge is -2.35. The largest absolute Gasteiger partial charge is 0.506 e. The Bertz CT molecular complexity index is 2200. The molecule has 1 saturated carbocycles. The molecule has 1 aliphatic rings. The highest BCUT2D eigenvalue weighted by atomic mass is 32.1. The van der Waals surface area contributed by atoms with E-state index in [1.54, 1.807) is 42.5 Å². The lowest BCUT2D eigenvalue weighted by molar-refractivity contribution is -0.169. The number of carbonyl (C=O) groups excluding carboxylic acids is 2. The van der Waals surface area contributed by atoms with Gasteiger partial charge in [-0.2, -0.15) is 5.26 Å². The molecule has 1 atom stereocenters. The van der Waals surface area contributed by atoms with Crippen LogP contribution >= 0.6 is 22.7 Å². The molecule has 1 aliphatic carbocycles. The SMILES string of the molecule is COc1cc(NC(=O)OCCN(C)[C@H]2CC[C@H](OC(=O)C(O)(c3cccs3)c3cccs3)CC2)c(C#N)cc1CNC[C@H](O)c1ccc(O)c2[nH]c(=O)ccc12.F. The van der Waals surface area contributed by atoms with Crippen LogP contribution in [0.1, 0.15) is 58.2 Å². The van der Waals surface area contributed by atoms with Crippen molar-refractivity contribution in [3.05, 3.63) is 108 Å². The standard InChI is InChI=1S/C40H43N5O9S2.FH/c1-45(26-7-9-27(10-8-26)54-38(49)40(51,34-5-3-17-55-34)35-6-4-18-56-35)15-16-53-39(50)43-30-20-33(52-2)25(19-24(30)21-41)22-42-23-32(47)28-11-13-31(46)37-29(28)12-14-36(48)44-37;/h3-6,11-14,17-20,26-27,32,42,46-47,51H,7-10,15-16,22-23H2,1-2H3,(H,43,50)(H,44,48);1H/t26-,27-,32-;/m0./s1. The summed E-state index contributed by atoms with van der Waals surface area (Å²) in [5, 5.41) is 52.4. The number of H-pyrrole nitrogens is 1. The summed E-state index contributed by atoms with van der Waals surface area (Å²) in [5.41, 5.74) is -0.451. The van der Waals surface area contributed by atoms with Crippen LogP contribution in [0.2, 0.25) is 0 Å². The number of pyridine rings is 1. The maximum absolute atomic E-state index is 13.4. The molecule has 17 heteroatoms. The van der Waals surface area contributed by atoms with Crippen molar-refractivity contribution in [1.29, 1.82) is 5.26 Å². The smallest absolute Gasteiger partial charge is 0.411 e. The second kappa shape index (κ2) is 19.2. The van der Waals surface area contributed by atoms with Gasteiger partial charge in [0.2, 0.25) is 11.2 Å². The minimum absolute atomic E-state index is 0. The van der Waals surface area contributed by atoms with Crippen LogP contribution in [0, 0.1) is 11.3 Å². The number of carbonyl (C=O) groups is 2. The fraction of sp³-hybridized carbons (Fsp3) is 0.350. The van der Waals surface area contributed by atoms with Crippen molar-refractivity contribution in [3.63, 3.8) is 0 Å². The Morgan fingerprint density at radius 1 is 1.07 bits per heavy atom. The van der Waals surface area contributed by atoms with Crippen LogP contribution in [0.3, 0.4) is 0 Å². The Labute approximate surface area is 335 Å². The number of fused-ring (bicyclic) bond motifs is 1. The van der Waals surface area contributed by atoms with Crippen LogP contribution in [0.4, 0.5) is 15.2 Å². The van der Waals surface area contributed by atoms with Crippen molar-refractivity contribution in [2.45, 2.75) is 56.1 Å². The molecule has 0 unspecified atom stereocenters. The molecule has 0 aliphatic heterocycles. The second-order valence-corrected chi connectivity index (χ2v) is 15.4. The summed E-state index contributed by atoms with van der Waals surface area (Å²) in [6.07, 6.45) is 0.763. The number of aromatic nitrogens is 1. The van der Waals surface area contributed by atoms with Gasteiger partial charge in [-0.15, -0.1) is 22.7 Å². The van der Waals surface area contributed by atoms with E-state index in [0.717, 1.165) is 12.8 Å². The number of aliphatic hydroxyl groups excluding tert-OH is 1. The first-order valence-electron chi connectivity index (χ1n) is 18.0. The molecule has 0 saturated heterocycles. The van der Waals surface area contributed by atoms with E-state index in [9.17, 15) is 35.0 Å². The van der Waals surface area contributed by atoms with Crippen molar-refractivity contribution in [2.75, 3.05) is 39.2 Å². The van der Waals surface area contributed by atoms with Gasteiger partial charge in [-0.05, 0) is 79.4 Å². The van der Waals surface area contributed by atoms with Gasteiger partial charge >= 0.3 is 12.1 Å². The third-order valence-electron chi connectivity index (χ3n) is 9.97. The quantitative estimate of drug-likeness (QED) is 0.0726. The third kappa shape index (κ3) is 9.79. The molecule has 14 nitrogen and oxygen atoms in total. The number of aliphatic hydroxyl groups is 2. The van der Waals surface area contributed by atoms with Gasteiger partial charge in [-0.25, -0.2) is 9.59 Å². The third-order valence-corrected chi connectivity index (χ3v) is 11.9. The number of rotatable bonds is 15. The number of thiophene rings is 2. The molecular formula is C40H44FN5O9S2. The van der Waals surface area contributed by atoms with Gasteiger partial charge in [-0.3, -0.25) is 14.8 Å². The molecule has 0 radical (unpaired) electrons. The van der Waals surface area contributed by atoms with Crippen molar-refractivity contribution in [3.8, 4) is 17.6 Å². The molecule has 1 fully saturated rings. The first-order valence-corrected chi connectivity index (χ1v) is 19.8. The number of esters is 1. The number of phenolic OH excluding ortho intramolecular Hbond substituents is 1. The van der Waals surface area contributed by atoms with Crippen LogP contribution in [-0.2, 0) is 26.4 Å². The van der Waals surface area contributed by atoms with Gasteiger partial charge in [0.05, 0.1) is 39.7 Å². The number of benzene rings is 2. The maximum atomic E-state index is 13.4. The number of hydrogen-bond donors (Lipinski definition) is 6. The van der Waals surface area contributed by atoms with E-state index in [4.69, 9.17) is 14.2 Å². The monoisotopic (exact) mass is 821 g/mol. The molecule has 5 aromatic rings. The Kier molecular flexibility index (Phi) is 14.4. The number of nitrogens with one attached hydrogen (secondary N) is 3. The number of likely N-dealkylation sites (N-methyl/N-ethyl adjacent to an activating group) is 1. The topological polar surface area (TPSA) is 206 Å². The van der Waals surface area contributed by atoms with E-state index in [2.05, 4.69) is 26.6 Å². The highest BCUT2D eigenvalue weighted by molar-refractivity contribution is 7.12. The number of aromatic amines is 1. The molecule has 6 rings (SSSR count). The first kappa shape index (κ1) is 42.8. The van der Waals surface area contributed by atoms with E-state index in [0.29, 0.717) is 51.4 Å². The zero-order valence-corrected chi connectivity index (χ0v) is 32.9. The van der Waals surface area contributed by atoms with Crippen molar-refractivity contribution < 1.29 is 43.8 Å². The predicted molar refractivity (Wildman–Crippen MR) is 214 cm³/mol. The van der Waals surface area contributed by atoms with Gasteiger partial charge in [0.15, 0.2) is 0 Å². The van der Waals surface area contributed by atoms with E-state index >= 15 is 0 Å². The molecule has 6 N–H and O–H groups in total. The Morgan fingerprint density at radius 2 is 1.77 bits per heavy atom. The average Bonchev–Trinajstić information content (AvgIpc) is 3.95. The van der Waals surface area contributed by atoms with Crippen LogP contribution < -0.4 is 20.9 Å². The van der Waals surface area contributed by atoms with Crippen LogP contribution in [0.25, 0.3) is 10.9 Å². The van der Waals surface area contributed by atoms with Gasteiger partial charge in [0.1, 0.15) is 30.3 Å². The Balaban J connectivity index is 0.00000620. The van der Waals surface area contributed by atoms with Gasteiger partial charge in [-0.1, -0.05) is 18.2 Å². The van der Waals surface area contributed by atoms with Gasteiger partial charge in [0.25, 0.3) is 0 Å². The lowest BCUT2D eigenvalue weighted by atomic mass is 9.91. The second-order valence-electron chi connectivity index (χ2n) is 13.5. The molecule has 3 aromatic heterocycles. The van der Waals surface area contributed by atoms with E-state index in [1.165, 1.54) is 48.0 Å². The molecule has 0 spiro atoms. The summed E-state index contributed by atoms with van der Waals surface area (Å²) in [7, 11) is 3.42. The zero-order valence-electron chi connectivity index (χ0n) is 31.2. The summed E-state index contributed by atoms with van der Waals surface area (Å²) >= 11 is 2.62. The maximum Gasteiger partial charge on any atom is 0.411 e. The number of halogens is 1. The zero-order chi connectivity index (χ0) is 39.8. The summed E-state index contributed by atoms with van der Waals surface area (Å²) in [6.45, 7) is 0.884. The number of phenols is 1. The fourth-order valence-corrected chi connectivity index (χ4v) is 8.61. The minimum atomic E-state index is -1.84. The highest BCUT2D eigenvalue weighted by Crippen LogP contribution is 2.38. The molecule has 1 amide bonds. The number of aromatic hydroxyl groups is 1. The Hall–Kier alpha value is -5.35. The number of ether oxygens (including phenoxy) is 3. The summed E-state index contributed by atoms with van der Waals surface area (Å²) in [5.74, 6) is -0.371. The Morgan fingerprint density at radius 3 is 2.40 bits per heavy atom. The normalized spacial score (nSPS) is 16.0. The van der Waals surface area contributed by atoms with E-state index in [1.807, 2.05) is 17.8 Å².